The van der Waals surface area contributed by atoms with Crippen molar-refractivity contribution in [2.45, 2.75) is 25.8 Å². The number of nitrogens with one attached hydrogen (secondary N) is 1. The monoisotopic (exact) mass is 291 g/mol. The average Bonchev–Trinajstić information content (AvgIpc) is 2.96. The van der Waals surface area contributed by atoms with Gasteiger partial charge in [-0.15, -0.1) is 14.8 Å². The molecule has 2 aromatic rings. The second kappa shape index (κ2) is 5.90. The first kappa shape index (κ1) is 13.5. The molecule has 2 aromatic heterocycles. The van der Waals surface area contributed by atoms with Crippen LogP contribution in [0.5, 0.6) is 0 Å². The van der Waals surface area contributed by atoms with Gasteiger partial charge in [0.05, 0.1) is 6.61 Å². The van der Waals surface area contributed by atoms with E-state index in [9.17, 15) is 4.79 Å². The van der Waals surface area contributed by atoms with Gasteiger partial charge in [0.2, 0.25) is 0 Å². The van der Waals surface area contributed by atoms with Crippen LogP contribution in [0.15, 0.2) is 12.1 Å². The third kappa shape index (κ3) is 3.01. The van der Waals surface area contributed by atoms with E-state index in [0.29, 0.717) is 25.3 Å². The van der Waals surface area contributed by atoms with Gasteiger partial charge in [-0.2, -0.15) is 0 Å². The second-order valence-corrected chi connectivity index (χ2v) is 4.85. The average molecular weight is 291 g/mol. The number of likely N-dealkylation sites (tertiary alicyclic amines) is 1. The van der Waals surface area contributed by atoms with Gasteiger partial charge in [0.1, 0.15) is 5.82 Å². The molecule has 0 aromatic carbocycles. The summed E-state index contributed by atoms with van der Waals surface area (Å²) in [7, 11) is 0. The zero-order valence-corrected chi connectivity index (χ0v) is 11.8. The molecule has 0 aliphatic carbocycles. The third-order valence-corrected chi connectivity index (χ3v) is 3.44. The lowest BCUT2D eigenvalue weighted by molar-refractivity contribution is 0.0983. The van der Waals surface area contributed by atoms with E-state index < -0.39 is 0 Å². The Kier molecular flexibility index (Phi) is 3.80. The van der Waals surface area contributed by atoms with E-state index in [2.05, 4.69) is 25.9 Å². The van der Waals surface area contributed by atoms with Crippen LogP contribution in [-0.2, 0) is 4.74 Å². The lowest BCUT2D eigenvalue weighted by Gasteiger charge is -2.31. The molecule has 1 fully saturated rings. The Morgan fingerprint density at radius 3 is 3.00 bits per heavy atom. The smallest absolute Gasteiger partial charge is 0.409 e. The molecule has 0 atom stereocenters. The molecule has 0 saturated carbocycles. The fourth-order valence-electron chi connectivity index (χ4n) is 2.36. The van der Waals surface area contributed by atoms with Crippen LogP contribution >= 0.6 is 0 Å². The second-order valence-electron chi connectivity index (χ2n) is 4.85. The molecule has 0 spiro atoms. The molecule has 0 bridgehead atoms. The summed E-state index contributed by atoms with van der Waals surface area (Å²) in [5.74, 6) is 0.726. The first-order chi connectivity index (χ1) is 10.3. The Hall–Kier alpha value is -2.45. The maximum absolute atomic E-state index is 11.6. The number of rotatable bonds is 3. The van der Waals surface area contributed by atoms with Gasteiger partial charge in [0.25, 0.3) is 0 Å². The van der Waals surface area contributed by atoms with E-state index in [0.717, 1.165) is 18.7 Å². The first-order valence-corrected chi connectivity index (χ1v) is 7.00. The third-order valence-electron chi connectivity index (χ3n) is 3.44. The predicted octanol–water partition coefficient (Wildman–Crippen LogP) is 0.552. The summed E-state index contributed by atoms with van der Waals surface area (Å²) < 4.78 is 6.39. The van der Waals surface area contributed by atoms with Crippen LogP contribution in [0.3, 0.4) is 0 Å². The summed E-state index contributed by atoms with van der Waals surface area (Å²) in [5.41, 5.74) is 0.609. The fraction of sp³-hybridized carbons (Fsp3) is 0.583. The lowest BCUT2D eigenvalue weighted by atomic mass is 10.1. The van der Waals surface area contributed by atoms with Crippen LogP contribution in [-0.4, -0.2) is 62.0 Å². The Morgan fingerprint density at radius 1 is 1.43 bits per heavy atom. The molecule has 9 heteroatoms. The summed E-state index contributed by atoms with van der Waals surface area (Å²) >= 11 is 0. The number of aromatic nitrogens is 5. The molecule has 112 valence electrons. The maximum atomic E-state index is 11.6. The molecular weight excluding hydrogens is 274 g/mol. The summed E-state index contributed by atoms with van der Waals surface area (Å²) in [4.78, 5) is 13.4. The zero-order valence-electron chi connectivity index (χ0n) is 11.8. The number of piperidine rings is 1. The lowest BCUT2D eigenvalue weighted by Crippen LogP contribution is -2.42. The number of tetrazole rings is 1. The molecule has 1 aliphatic rings. The highest BCUT2D eigenvalue weighted by molar-refractivity contribution is 5.67. The summed E-state index contributed by atoms with van der Waals surface area (Å²) in [6.45, 7) is 3.59. The number of anilines is 1. The zero-order chi connectivity index (χ0) is 14.7. The first-order valence-electron chi connectivity index (χ1n) is 7.00. The Labute approximate surface area is 121 Å². The summed E-state index contributed by atoms with van der Waals surface area (Å²) in [6, 6.07) is 3.93. The number of ether oxygens (including phenoxy) is 1. The van der Waals surface area contributed by atoms with Crippen LogP contribution in [0.1, 0.15) is 19.8 Å². The standard InChI is InChI=1S/C12H17N7O2/c1-2-21-12(20)18-7-5-9(6-8-18)13-10-3-4-11-14-16-17-19(11)15-10/h3-4,9H,2,5-8H2,1H3,(H,13,15). The molecule has 21 heavy (non-hydrogen) atoms. The molecule has 1 N–H and O–H groups in total. The summed E-state index contributed by atoms with van der Waals surface area (Å²) in [6.07, 6.45) is 1.48. The number of carbonyl (C=O) groups excluding carboxylic acids is 1. The highest BCUT2D eigenvalue weighted by Gasteiger charge is 2.23. The van der Waals surface area contributed by atoms with Gasteiger partial charge < -0.3 is 15.0 Å². The van der Waals surface area contributed by atoms with Crippen LogP contribution in [0.2, 0.25) is 0 Å². The molecule has 3 heterocycles. The molecule has 1 saturated heterocycles. The van der Waals surface area contributed by atoms with E-state index in [1.54, 1.807) is 4.90 Å². The van der Waals surface area contributed by atoms with Gasteiger partial charge in [-0.05, 0) is 42.3 Å². The fourth-order valence-corrected chi connectivity index (χ4v) is 2.36. The molecule has 0 unspecified atom stereocenters. The van der Waals surface area contributed by atoms with Crippen molar-refractivity contribution >= 4 is 17.6 Å². The number of hydrogen-bond donors (Lipinski definition) is 1. The van der Waals surface area contributed by atoms with Crippen LogP contribution in [0, 0.1) is 0 Å². The Morgan fingerprint density at radius 2 is 2.24 bits per heavy atom. The van der Waals surface area contributed by atoms with Crippen molar-refractivity contribution in [3.63, 3.8) is 0 Å². The van der Waals surface area contributed by atoms with Gasteiger partial charge in [-0.25, -0.2) is 4.79 Å². The number of amides is 1. The Bertz CT molecular complexity index is 621. The molecule has 1 amide bonds. The minimum absolute atomic E-state index is 0.232. The molecule has 1 aliphatic heterocycles. The number of nitrogens with zero attached hydrogens (tertiary/aromatic N) is 6. The maximum Gasteiger partial charge on any atom is 0.409 e. The molecule has 3 rings (SSSR count). The number of fused-ring (bicyclic) bond motifs is 1. The molecular formula is C12H17N7O2. The Balaban J connectivity index is 1.56. The van der Waals surface area contributed by atoms with E-state index in [1.807, 2.05) is 19.1 Å². The van der Waals surface area contributed by atoms with Crippen molar-refractivity contribution < 1.29 is 9.53 Å². The van der Waals surface area contributed by atoms with E-state index >= 15 is 0 Å². The van der Waals surface area contributed by atoms with Gasteiger partial charge in [-0.3, -0.25) is 0 Å². The SMILES string of the molecule is CCOC(=O)N1CCC(Nc2ccc3nnnn3n2)CC1. The topological polar surface area (TPSA) is 97.5 Å². The van der Waals surface area contributed by atoms with E-state index in [-0.39, 0.29) is 12.1 Å². The van der Waals surface area contributed by atoms with Gasteiger partial charge in [0.15, 0.2) is 5.65 Å². The molecule has 0 radical (unpaired) electrons. The number of carbonyl (C=O) groups is 1. The van der Waals surface area contributed by atoms with Crippen molar-refractivity contribution in [1.82, 2.24) is 30.2 Å². The normalized spacial score (nSPS) is 16.1. The highest BCUT2D eigenvalue weighted by atomic mass is 16.6. The van der Waals surface area contributed by atoms with Gasteiger partial charge >= 0.3 is 6.09 Å². The van der Waals surface area contributed by atoms with Crippen LogP contribution in [0.25, 0.3) is 5.65 Å². The largest absolute Gasteiger partial charge is 0.450 e. The molecule has 9 nitrogen and oxygen atoms in total. The number of hydrogen-bond acceptors (Lipinski definition) is 7. The van der Waals surface area contributed by atoms with Gasteiger partial charge in [0, 0.05) is 19.1 Å². The van der Waals surface area contributed by atoms with Crippen molar-refractivity contribution in [2.75, 3.05) is 25.0 Å². The van der Waals surface area contributed by atoms with Gasteiger partial charge in [-0.1, -0.05) is 0 Å². The van der Waals surface area contributed by atoms with Crippen molar-refractivity contribution in [2.24, 2.45) is 0 Å². The van der Waals surface area contributed by atoms with E-state index in [1.165, 1.54) is 4.63 Å². The van der Waals surface area contributed by atoms with Crippen LogP contribution < -0.4 is 5.32 Å². The van der Waals surface area contributed by atoms with Crippen molar-refractivity contribution in [3.05, 3.63) is 12.1 Å². The van der Waals surface area contributed by atoms with Crippen molar-refractivity contribution in [3.8, 4) is 0 Å². The predicted molar refractivity (Wildman–Crippen MR) is 73.8 cm³/mol. The van der Waals surface area contributed by atoms with Crippen molar-refractivity contribution in [1.29, 1.82) is 0 Å². The van der Waals surface area contributed by atoms with Crippen LogP contribution in [0.4, 0.5) is 10.6 Å². The minimum Gasteiger partial charge on any atom is -0.450 e. The highest BCUT2D eigenvalue weighted by Crippen LogP contribution is 2.15. The van der Waals surface area contributed by atoms with E-state index in [4.69, 9.17) is 4.74 Å². The summed E-state index contributed by atoms with van der Waals surface area (Å²) in [5, 5.41) is 18.7. The quantitative estimate of drug-likeness (QED) is 0.881. The minimum atomic E-state index is -0.232.